The average molecular weight is 387 g/mol. The van der Waals surface area contributed by atoms with E-state index in [1.54, 1.807) is 18.4 Å². The lowest BCUT2D eigenvalue weighted by molar-refractivity contribution is -0.116. The molecule has 0 saturated heterocycles. The van der Waals surface area contributed by atoms with E-state index in [1.165, 1.54) is 11.8 Å². The highest BCUT2D eigenvalue weighted by Crippen LogP contribution is 2.37. The van der Waals surface area contributed by atoms with E-state index in [9.17, 15) is 4.79 Å². The van der Waals surface area contributed by atoms with Crippen molar-refractivity contribution in [3.8, 4) is 11.7 Å². The van der Waals surface area contributed by atoms with Gasteiger partial charge in [-0.3, -0.25) is 4.79 Å². The first kappa shape index (κ1) is 17.2. The van der Waals surface area contributed by atoms with E-state index >= 15 is 0 Å². The lowest BCUT2D eigenvalue weighted by atomic mass is 10.2. The number of fused-ring (bicyclic) bond motifs is 1. The molecular weight excluding hydrogens is 370 g/mol. The molecular formula is C18H17N3O3S2. The Morgan fingerprint density at radius 1 is 1.31 bits per heavy atom. The van der Waals surface area contributed by atoms with Crippen LogP contribution < -0.4 is 4.90 Å². The van der Waals surface area contributed by atoms with Crippen molar-refractivity contribution in [1.29, 1.82) is 0 Å². The summed E-state index contributed by atoms with van der Waals surface area (Å²) in [7, 11) is 0. The third-order valence-corrected chi connectivity index (χ3v) is 6.04. The molecule has 0 unspecified atom stereocenters. The van der Waals surface area contributed by atoms with E-state index in [1.807, 2.05) is 34.9 Å². The number of furan rings is 1. The molecule has 3 heterocycles. The number of rotatable bonds is 4. The van der Waals surface area contributed by atoms with E-state index in [0.717, 1.165) is 17.0 Å². The van der Waals surface area contributed by atoms with Gasteiger partial charge in [0.25, 0.3) is 11.1 Å². The van der Waals surface area contributed by atoms with Gasteiger partial charge in [-0.15, -0.1) is 22.0 Å². The largest absolute Gasteiger partial charge is 0.459 e. The zero-order chi connectivity index (χ0) is 17.9. The predicted octanol–water partition coefficient (Wildman–Crippen LogP) is 4.34. The van der Waals surface area contributed by atoms with Gasteiger partial charge in [-0.1, -0.05) is 30.8 Å². The highest BCUT2D eigenvalue weighted by atomic mass is 32.2. The minimum Gasteiger partial charge on any atom is -0.459 e. The molecule has 0 saturated carbocycles. The van der Waals surface area contributed by atoms with E-state index in [2.05, 4.69) is 23.2 Å². The number of nitrogens with zero attached hydrogens (tertiary/aromatic N) is 3. The number of thioether (sulfide) groups is 2. The molecule has 0 aliphatic carbocycles. The zero-order valence-electron chi connectivity index (χ0n) is 14.1. The van der Waals surface area contributed by atoms with E-state index in [0.29, 0.717) is 28.7 Å². The molecule has 0 bridgehead atoms. The molecule has 1 aliphatic heterocycles. The molecule has 2 aromatic heterocycles. The summed E-state index contributed by atoms with van der Waals surface area (Å²) in [4.78, 5) is 15.8. The Morgan fingerprint density at radius 3 is 3.04 bits per heavy atom. The average Bonchev–Trinajstić information content (AvgIpc) is 3.29. The summed E-state index contributed by atoms with van der Waals surface area (Å²) < 4.78 is 10.8. The van der Waals surface area contributed by atoms with Crippen molar-refractivity contribution in [2.75, 3.05) is 17.2 Å². The van der Waals surface area contributed by atoms with Gasteiger partial charge in [0, 0.05) is 16.7 Å². The van der Waals surface area contributed by atoms with Crippen LogP contribution in [0.2, 0.25) is 0 Å². The quantitative estimate of drug-likeness (QED) is 0.617. The molecule has 1 aromatic carbocycles. The molecule has 3 aromatic rings. The van der Waals surface area contributed by atoms with Crippen LogP contribution in [0.15, 0.2) is 61.6 Å². The number of hydrogen-bond acceptors (Lipinski definition) is 7. The lowest BCUT2D eigenvalue weighted by Crippen LogP contribution is -2.33. The molecule has 4 rings (SSSR count). The number of carbonyl (C=O) groups is 1. The van der Waals surface area contributed by atoms with Gasteiger partial charge in [-0.25, -0.2) is 0 Å². The molecule has 1 aliphatic rings. The van der Waals surface area contributed by atoms with Crippen molar-refractivity contribution >= 4 is 35.1 Å². The standard InChI is InChI=1S/C18H17N3O3S2/c1-12-8-9-21(13-5-2-3-7-15(13)26-12)16(22)11-25-18-20-19-17(24-18)14-6-4-10-23-14/h2-7,10,12H,8-9,11H2,1H3/t12-/m1/s1. The van der Waals surface area contributed by atoms with Crippen molar-refractivity contribution in [3.05, 3.63) is 42.7 Å². The second-order valence-corrected chi connectivity index (χ2v) is 8.28. The molecule has 6 nitrogen and oxygen atoms in total. The highest BCUT2D eigenvalue weighted by Gasteiger charge is 2.24. The fraction of sp³-hybridized carbons (Fsp3) is 0.278. The summed E-state index contributed by atoms with van der Waals surface area (Å²) in [5.41, 5.74) is 0.981. The van der Waals surface area contributed by atoms with Gasteiger partial charge in [0.2, 0.25) is 5.91 Å². The smallest absolute Gasteiger partial charge is 0.284 e. The van der Waals surface area contributed by atoms with Crippen molar-refractivity contribution in [1.82, 2.24) is 10.2 Å². The Hall–Kier alpha value is -2.19. The monoisotopic (exact) mass is 387 g/mol. The summed E-state index contributed by atoms with van der Waals surface area (Å²) in [5, 5.41) is 8.76. The van der Waals surface area contributed by atoms with Crippen LogP contribution in [0.3, 0.4) is 0 Å². The first-order chi connectivity index (χ1) is 12.7. The first-order valence-electron chi connectivity index (χ1n) is 8.27. The van der Waals surface area contributed by atoms with E-state index in [4.69, 9.17) is 8.83 Å². The Morgan fingerprint density at radius 2 is 2.19 bits per heavy atom. The van der Waals surface area contributed by atoms with Gasteiger partial charge in [0.1, 0.15) is 0 Å². The van der Waals surface area contributed by atoms with Crippen LogP contribution >= 0.6 is 23.5 Å². The highest BCUT2D eigenvalue weighted by molar-refractivity contribution is 8.00. The van der Waals surface area contributed by atoms with Crippen molar-refractivity contribution in [2.45, 2.75) is 28.7 Å². The van der Waals surface area contributed by atoms with Crippen LogP contribution in [0.5, 0.6) is 0 Å². The van der Waals surface area contributed by atoms with Crippen LogP contribution in [-0.4, -0.2) is 33.7 Å². The van der Waals surface area contributed by atoms with E-state index in [-0.39, 0.29) is 11.7 Å². The molecule has 8 heteroatoms. The molecule has 0 radical (unpaired) electrons. The maximum Gasteiger partial charge on any atom is 0.284 e. The van der Waals surface area contributed by atoms with Crippen molar-refractivity contribution in [3.63, 3.8) is 0 Å². The maximum absolute atomic E-state index is 12.8. The molecule has 0 N–H and O–H groups in total. The molecule has 0 spiro atoms. The van der Waals surface area contributed by atoms with Gasteiger partial charge in [0.15, 0.2) is 5.76 Å². The molecule has 1 atom stereocenters. The van der Waals surface area contributed by atoms with Crippen molar-refractivity contribution in [2.24, 2.45) is 0 Å². The summed E-state index contributed by atoms with van der Waals surface area (Å²) in [6.45, 7) is 2.91. The van der Waals surface area contributed by atoms with Gasteiger partial charge >= 0.3 is 0 Å². The lowest BCUT2D eigenvalue weighted by Gasteiger charge is -2.22. The van der Waals surface area contributed by atoms with Crippen LogP contribution in [0.4, 0.5) is 5.69 Å². The number of carbonyl (C=O) groups excluding carboxylic acids is 1. The summed E-state index contributed by atoms with van der Waals surface area (Å²) >= 11 is 3.06. The Kier molecular flexibility index (Phi) is 5.03. The number of anilines is 1. The minimum absolute atomic E-state index is 0.0369. The molecule has 0 fully saturated rings. The normalized spacial score (nSPS) is 17.0. The summed E-state index contributed by atoms with van der Waals surface area (Å²) in [5.74, 6) is 1.11. The van der Waals surface area contributed by atoms with Gasteiger partial charge in [-0.05, 0) is 30.7 Å². The summed E-state index contributed by atoms with van der Waals surface area (Å²) in [6, 6.07) is 11.6. The second-order valence-electron chi connectivity index (χ2n) is 5.87. The predicted molar refractivity (Wildman–Crippen MR) is 101 cm³/mol. The van der Waals surface area contributed by atoms with Gasteiger partial charge in [-0.2, -0.15) is 0 Å². The summed E-state index contributed by atoms with van der Waals surface area (Å²) in [6.07, 6.45) is 2.50. The van der Waals surface area contributed by atoms with Crippen LogP contribution in [0.1, 0.15) is 13.3 Å². The topological polar surface area (TPSA) is 72.4 Å². The van der Waals surface area contributed by atoms with Crippen molar-refractivity contribution < 1.29 is 13.6 Å². The Bertz CT molecular complexity index is 895. The number of para-hydroxylation sites is 1. The van der Waals surface area contributed by atoms with Gasteiger partial charge < -0.3 is 13.7 Å². The third kappa shape index (κ3) is 3.66. The number of amides is 1. The zero-order valence-corrected chi connectivity index (χ0v) is 15.8. The Labute approximate surface area is 159 Å². The second kappa shape index (κ2) is 7.59. The minimum atomic E-state index is 0.0369. The number of hydrogen-bond donors (Lipinski definition) is 0. The SMILES string of the molecule is C[C@@H]1CCN(C(=O)CSc2nnc(-c3ccco3)o2)c2ccccc2S1. The van der Waals surface area contributed by atoms with Crippen LogP contribution in [-0.2, 0) is 4.79 Å². The Balaban J connectivity index is 1.45. The maximum atomic E-state index is 12.8. The molecule has 1 amide bonds. The van der Waals surface area contributed by atoms with Gasteiger partial charge in [0.05, 0.1) is 17.7 Å². The van der Waals surface area contributed by atoms with Crippen LogP contribution in [0, 0.1) is 0 Å². The number of benzene rings is 1. The fourth-order valence-electron chi connectivity index (χ4n) is 2.72. The van der Waals surface area contributed by atoms with Crippen LogP contribution in [0.25, 0.3) is 11.7 Å². The third-order valence-electron chi connectivity index (χ3n) is 4.00. The van der Waals surface area contributed by atoms with E-state index < -0.39 is 0 Å². The molecule has 134 valence electrons. The number of aromatic nitrogens is 2. The first-order valence-corrected chi connectivity index (χ1v) is 10.1. The molecule has 26 heavy (non-hydrogen) atoms. The fourth-order valence-corrected chi connectivity index (χ4v) is 4.47.